The third kappa shape index (κ3) is 18.1. The number of rotatable bonds is 23. The molecule has 4 heteroatoms. The number of unbranched alkanes of at least 4 members (excludes halogenated alkanes) is 7. The molecule has 0 aromatic carbocycles. The van der Waals surface area contributed by atoms with Crippen molar-refractivity contribution in [3.8, 4) is 0 Å². The van der Waals surface area contributed by atoms with E-state index in [1.54, 1.807) is 49.3 Å². The van der Waals surface area contributed by atoms with Gasteiger partial charge in [-0.3, -0.25) is 0 Å². The van der Waals surface area contributed by atoms with Gasteiger partial charge in [0.15, 0.2) is 0 Å². The van der Waals surface area contributed by atoms with Crippen LogP contribution in [0.4, 0.5) is 0 Å². The van der Waals surface area contributed by atoms with Gasteiger partial charge in [0.2, 0.25) is 0 Å². The summed E-state index contributed by atoms with van der Waals surface area (Å²) in [5.74, 6) is 0. The molecule has 0 aliphatic rings. The number of halogens is 2. The Bertz CT molecular complexity index is 295. The normalized spacial score (nSPS) is 11.8. The highest BCUT2D eigenvalue weighted by Crippen LogP contribution is 2.61. The first kappa shape index (κ1) is 38.4. The second-order valence-corrected chi connectivity index (χ2v) is 19.2. The molecular weight excluding hydrogens is 558 g/mol. The molecule has 0 fully saturated rings. The van der Waals surface area contributed by atoms with Gasteiger partial charge in [0, 0.05) is 14.5 Å². The average Bonchev–Trinajstić information content (AvgIpc) is 2.70. The van der Waals surface area contributed by atoms with E-state index in [1.165, 1.54) is 89.9 Å². The molecule has 0 atom stereocenters. The second-order valence-electron chi connectivity index (χ2n) is 10.3. The molecule has 0 saturated heterocycles. The van der Waals surface area contributed by atoms with Gasteiger partial charge < -0.3 is 34.0 Å². The summed E-state index contributed by atoms with van der Waals surface area (Å²) in [6, 6.07) is 0. The van der Waals surface area contributed by atoms with E-state index in [0.29, 0.717) is 0 Å². The van der Waals surface area contributed by atoms with Gasteiger partial charge >= 0.3 is 0 Å². The Labute approximate surface area is 228 Å². The smallest absolute Gasteiger partial charge is 0.0594 e. The number of hydrogen-bond acceptors (Lipinski definition) is 0. The van der Waals surface area contributed by atoms with Crippen LogP contribution in [0.2, 0.25) is 0 Å². The number of hydrogen-bond donors (Lipinski definition) is 0. The molecule has 0 aliphatic heterocycles. The zero-order chi connectivity index (χ0) is 22.6. The molecule has 0 unspecified atom stereocenters. The monoisotopic (exact) mass is 618 g/mol. The maximum absolute atomic E-state index is 2.42. The van der Waals surface area contributed by atoms with E-state index in [0.717, 1.165) is 0 Å². The molecule has 0 spiro atoms. The van der Waals surface area contributed by atoms with E-state index in [4.69, 9.17) is 0 Å². The summed E-state index contributed by atoms with van der Waals surface area (Å²) in [4.78, 5) is 0. The van der Waals surface area contributed by atoms with E-state index in [9.17, 15) is 0 Å². The zero-order valence-electron chi connectivity index (χ0n) is 23.2. The Balaban J connectivity index is -0.00000420. The molecule has 0 bridgehead atoms. The van der Waals surface area contributed by atoms with Gasteiger partial charge in [-0.05, 0) is 64.2 Å². The minimum Gasteiger partial charge on any atom is -1.00 e. The van der Waals surface area contributed by atoms with Gasteiger partial charge in [0.05, 0.1) is 49.3 Å². The lowest BCUT2D eigenvalue weighted by Crippen LogP contribution is -3.00. The zero-order valence-corrected chi connectivity index (χ0v) is 28.2. The molecule has 0 rings (SSSR count). The van der Waals surface area contributed by atoms with E-state index >= 15 is 0 Å². The minimum absolute atomic E-state index is 0. The van der Waals surface area contributed by atoms with Crippen LogP contribution in [0.1, 0.15) is 131 Å². The average molecular weight is 621 g/mol. The van der Waals surface area contributed by atoms with Crippen molar-refractivity contribution in [1.29, 1.82) is 0 Å². The highest BCUT2D eigenvalue weighted by atomic mass is 79.9. The summed E-state index contributed by atoms with van der Waals surface area (Å²) >= 11 is 0. The van der Waals surface area contributed by atoms with Gasteiger partial charge in [-0.1, -0.05) is 67.2 Å². The van der Waals surface area contributed by atoms with E-state index in [2.05, 4.69) is 41.5 Å². The molecule has 0 aliphatic carbocycles. The maximum atomic E-state index is 2.42. The molecular formula is C28H62Br2P2. The van der Waals surface area contributed by atoms with Crippen LogP contribution in [0.15, 0.2) is 0 Å². The Morgan fingerprint density at radius 3 is 0.656 bits per heavy atom. The summed E-state index contributed by atoms with van der Waals surface area (Å²) in [7, 11) is -1.19. The van der Waals surface area contributed by atoms with Crippen LogP contribution in [-0.4, -0.2) is 49.3 Å². The Morgan fingerprint density at radius 1 is 0.281 bits per heavy atom. The van der Waals surface area contributed by atoms with Crippen LogP contribution < -0.4 is 34.0 Å². The van der Waals surface area contributed by atoms with Crippen molar-refractivity contribution in [2.24, 2.45) is 0 Å². The quantitative estimate of drug-likeness (QED) is 0.116. The molecule has 0 nitrogen and oxygen atoms in total. The van der Waals surface area contributed by atoms with Gasteiger partial charge in [-0.2, -0.15) is 0 Å². The molecule has 198 valence electrons. The highest BCUT2D eigenvalue weighted by molar-refractivity contribution is 7.76. The van der Waals surface area contributed by atoms with Crippen LogP contribution in [0.25, 0.3) is 0 Å². The SMILES string of the molecule is CCC[P+](CCC)(CCC)CCCCCCCCCC[P+](CCC)(CCC)CCC.[Br-].[Br-]. The van der Waals surface area contributed by atoms with Crippen LogP contribution in [0.5, 0.6) is 0 Å². The highest BCUT2D eigenvalue weighted by Gasteiger charge is 2.34. The Hall–Kier alpha value is 1.82. The second kappa shape index (κ2) is 25.9. The van der Waals surface area contributed by atoms with E-state index in [1.807, 2.05) is 0 Å². The van der Waals surface area contributed by atoms with Crippen molar-refractivity contribution < 1.29 is 34.0 Å². The third-order valence-corrected chi connectivity index (χ3v) is 18.1. The fourth-order valence-electron chi connectivity index (χ4n) is 6.14. The van der Waals surface area contributed by atoms with Crippen LogP contribution in [0, 0.1) is 0 Å². The van der Waals surface area contributed by atoms with Gasteiger partial charge in [0.25, 0.3) is 0 Å². The molecule has 0 heterocycles. The fourth-order valence-corrected chi connectivity index (χ4v) is 16.3. The topological polar surface area (TPSA) is 0 Å². The van der Waals surface area contributed by atoms with Crippen molar-refractivity contribution >= 4 is 14.5 Å². The molecule has 0 saturated carbocycles. The molecule has 0 N–H and O–H groups in total. The Morgan fingerprint density at radius 2 is 0.469 bits per heavy atom. The predicted molar refractivity (Wildman–Crippen MR) is 151 cm³/mol. The van der Waals surface area contributed by atoms with Gasteiger partial charge in [-0.15, -0.1) is 0 Å². The van der Waals surface area contributed by atoms with E-state index < -0.39 is 14.5 Å². The molecule has 0 aromatic rings. The van der Waals surface area contributed by atoms with Crippen molar-refractivity contribution in [2.75, 3.05) is 49.3 Å². The predicted octanol–water partition coefficient (Wildman–Crippen LogP) is 4.61. The first-order valence-corrected chi connectivity index (χ1v) is 19.3. The summed E-state index contributed by atoms with van der Waals surface area (Å²) in [6.45, 7) is 14.5. The largest absolute Gasteiger partial charge is 1.00 e. The summed E-state index contributed by atoms with van der Waals surface area (Å²) in [5.41, 5.74) is 0. The first-order chi connectivity index (χ1) is 14.6. The van der Waals surface area contributed by atoms with Crippen molar-refractivity contribution in [2.45, 2.75) is 131 Å². The molecule has 0 amide bonds. The van der Waals surface area contributed by atoms with Gasteiger partial charge in [-0.25, -0.2) is 0 Å². The summed E-state index contributed by atoms with van der Waals surface area (Å²) in [5, 5.41) is 0. The summed E-state index contributed by atoms with van der Waals surface area (Å²) in [6.07, 6.45) is 33.3. The van der Waals surface area contributed by atoms with Crippen LogP contribution >= 0.6 is 14.5 Å². The lowest BCUT2D eigenvalue weighted by molar-refractivity contribution is -0.001000. The van der Waals surface area contributed by atoms with Crippen LogP contribution in [-0.2, 0) is 0 Å². The minimum atomic E-state index is -0.597. The van der Waals surface area contributed by atoms with Crippen molar-refractivity contribution in [3.05, 3.63) is 0 Å². The van der Waals surface area contributed by atoms with Crippen molar-refractivity contribution in [3.63, 3.8) is 0 Å². The lowest BCUT2D eigenvalue weighted by atomic mass is 10.1. The Kier molecular flexibility index (Phi) is 31.0. The van der Waals surface area contributed by atoms with Gasteiger partial charge in [0.1, 0.15) is 0 Å². The fraction of sp³-hybridized carbons (Fsp3) is 1.00. The van der Waals surface area contributed by atoms with Crippen LogP contribution in [0.3, 0.4) is 0 Å². The standard InChI is InChI=1S/C28H62P2.2BrH/c1-7-21-29(22-8-2,23-9-3)27-19-17-15-13-14-16-18-20-28-30(24-10-4,25-11-5)26-12-6;;/h7-28H2,1-6H3;2*1H/q+2;;/p-2. The summed E-state index contributed by atoms with van der Waals surface area (Å²) < 4.78 is 0. The maximum Gasteiger partial charge on any atom is 0.0594 e. The van der Waals surface area contributed by atoms with E-state index in [-0.39, 0.29) is 34.0 Å². The molecule has 0 aromatic heterocycles. The van der Waals surface area contributed by atoms with Crippen molar-refractivity contribution in [1.82, 2.24) is 0 Å². The molecule has 32 heavy (non-hydrogen) atoms. The molecule has 0 radical (unpaired) electrons. The lowest BCUT2D eigenvalue weighted by Gasteiger charge is -2.27. The third-order valence-electron chi connectivity index (χ3n) is 7.20. The first-order valence-electron chi connectivity index (χ1n) is 14.3.